The first kappa shape index (κ1) is 17.7. The molecule has 0 unspecified atom stereocenters. The monoisotopic (exact) mass is 352 g/mol. The molecule has 1 aliphatic heterocycles. The van der Waals surface area contributed by atoms with Gasteiger partial charge in [0.2, 0.25) is 6.04 Å². The normalized spacial score (nSPS) is 19.6. The summed E-state index contributed by atoms with van der Waals surface area (Å²) in [5.41, 5.74) is 2.25. The molecule has 0 aromatic heterocycles. The minimum Gasteiger partial charge on any atom is -0.444 e. The van der Waals surface area contributed by atoms with Crippen LogP contribution >= 0.6 is 0 Å². The quantitative estimate of drug-likeness (QED) is 0.607. The minimum atomic E-state index is -0.912. The molecule has 6 heteroatoms. The van der Waals surface area contributed by atoms with Crippen LogP contribution in [0.3, 0.4) is 0 Å². The molecular formula is C20H20N2O4. The molecule has 0 fully saturated rings. The lowest BCUT2D eigenvalue weighted by Gasteiger charge is -2.36. The van der Waals surface area contributed by atoms with Gasteiger partial charge in [-0.2, -0.15) is 0 Å². The van der Waals surface area contributed by atoms with Crippen molar-refractivity contribution < 1.29 is 14.5 Å². The molecule has 134 valence electrons. The Labute approximate surface area is 151 Å². The lowest BCUT2D eigenvalue weighted by Crippen LogP contribution is -2.45. The molecule has 0 radical (unpaired) electrons. The van der Waals surface area contributed by atoms with Crippen molar-refractivity contribution in [3.63, 3.8) is 0 Å². The molecule has 26 heavy (non-hydrogen) atoms. The fourth-order valence-electron chi connectivity index (χ4n) is 3.18. The second-order valence-electron chi connectivity index (χ2n) is 6.20. The van der Waals surface area contributed by atoms with E-state index in [0.29, 0.717) is 5.70 Å². The number of benzene rings is 2. The summed E-state index contributed by atoms with van der Waals surface area (Å²) in [5.74, 6) is 0. The number of ether oxygens (including phenoxy) is 1. The van der Waals surface area contributed by atoms with Crippen molar-refractivity contribution in [3.05, 3.63) is 93.7 Å². The Balaban J connectivity index is 1.87. The summed E-state index contributed by atoms with van der Waals surface area (Å²) < 4.78 is 5.44. The van der Waals surface area contributed by atoms with Crippen LogP contribution in [0, 0.1) is 10.1 Å². The molecular weight excluding hydrogens is 332 g/mol. The van der Waals surface area contributed by atoms with Gasteiger partial charge in [-0.25, -0.2) is 4.79 Å². The van der Waals surface area contributed by atoms with Crippen LogP contribution in [-0.4, -0.2) is 22.0 Å². The number of hydrogen-bond acceptors (Lipinski definition) is 4. The molecule has 1 amide bonds. The van der Waals surface area contributed by atoms with Gasteiger partial charge in [0.25, 0.3) is 0 Å². The SMILES string of the molecule is CC1=CC[C@H]([N+](=O)[O-])[C@H](c2ccccc2)N1C(=O)OCc1ccccc1. The van der Waals surface area contributed by atoms with Crippen LogP contribution in [0.2, 0.25) is 0 Å². The highest BCUT2D eigenvalue weighted by Gasteiger charge is 2.43. The molecule has 0 bridgehead atoms. The number of nitro groups is 1. The van der Waals surface area contributed by atoms with E-state index in [9.17, 15) is 14.9 Å². The number of amides is 1. The van der Waals surface area contributed by atoms with Gasteiger partial charge in [-0.1, -0.05) is 66.7 Å². The Morgan fingerprint density at radius 3 is 2.38 bits per heavy atom. The van der Waals surface area contributed by atoms with Gasteiger partial charge in [0, 0.05) is 17.0 Å². The zero-order chi connectivity index (χ0) is 18.5. The lowest BCUT2D eigenvalue weighted by atomic mass is 9.92. The number of allylic oxidation sites excluding steroid dienone is 1. The summed E-state index contributed by atoms with van der Waals surface area (Å²) in [5, 5.41) is 11.6. The zero-order valence-electron chi connectivity index (χ0n) is 14.4. The fraction of sp³-hybridized carbons (Fsp3) is 0.250. The van der Waals surface area contributed by atoms with E-state index < -0.39 is 18.2 Å². The number of carbonyl (C=O) groups excluding carboxylic acids is 1. The molecule has 0 saturated carbocycles. The predicted octanol–water partition coefficient (Wildman–Crippen LogP) is 4.32. The number of hydrogen-bond donors (Lipinski definition) is 0. The Morgan fingerprint density at radius 2 is 1.77 bits per heavy atom. The van der Waals surface area contributed by atoms with Gasteiger partial charge in [-0.15, -0.1) is 0 Å². The highest BCUT2D eigenvalue weighted by Crippen LogP contribution is 2.35. The molecule has 1 aliphatic rings. The molecule has 0 N–H and O–H groups in total. The molecule has 6 nitrogen and oxygen atoms in total. The van der Waals surface area contributed by atoms with E-state index in [-0.39, 0.29) is 18.0 Å². The van der Waals surface area contributed by atoms with Crippen molar-refractivity contribution in [2.24, 2.45) is 0 Å². The van der Waals surface area contributed by atoms with Crippen LogP contribution in [0.25, 0.3) is 0 Å². The van der Waals surface area contributed by atoms with Gasteiger partial charge >= 0.3 is 6.09 Å². The molecule has 0 spiro atoms. The summed E-state index contributed by atoms with van der Waals surface area (Å²) in [7, 11) is 0. The van der Waals surface area contributed by atoms with Crippen LogP contribution in [0.15, 0.2) is 72.4 Å². The first-order valence-corrected chi connectivity index (χ1v) is 8.43. The Morgan fingerprint density at radius 1 is 1.15 bits per heavy atom. The van der Waals surface area contributed by atoms with Crippen LogP contribution in [0.1, 0.15) is 30.5 Å². The summed E-state index contributed by atoms with van der Waals surface area (Å²) in [4.78, 5) is 25.4. The third-order valence-electron chi connectivity index (χ3n) is 4.49. The Hall–Kier alpha value is -3.15. The third kappa shape index (κ3) is 3.74. The van der Waals surface area contributed by atoms with Crippen molar-refractivity contribution in [1.82, 2.24) is 4.90 Å². The number of nitrogens with zero attached hydrogens (tertiary/aromatic N) is 2. The first-order valence-electron chi connectivity index (χ1n) is 8.43. The largest absolute Gasteiger partial charge is 0.444 e. The second kappa shape index (κ2) is 7.82. The van der Waals surface area contributed by atoms with E-state index in [2.05, 4.69) is 0 Å². The van der Waals surface area contributed by atoms with Gasteiger partial charge in [-0.05, 0) is 18.1 Å². The zero-order valence-corrected chi connectivity index (χ0v) is 14.4. The van der Waals surface area contributed by atoms with Crippen molar-refractivity contribution in [2.75, 3.05) is 0 Å². The molecule has 2 aromatic carbocycles. The standard InChI is InChI=1S/C20H20N2O4/c1-15-12-13-18(22(24)25)19(17-10-6-3-7-11-17)21(15)20(23)26-14-16-8-4-2-5-9-16/h2-12,18-19H,13-14H2,1H3/t18-,19-/m0/s1. The maximum absolute atomic E-state index is 12.8. The molecule has 2 atom stereocenters. The summed E-state index contributed by atoms with van der Waals surface area (Å²) >= 11 is 0. The van der Waals surface area contributed by atoms with Crippen molar-refractivity contribution >= 4 is 6.09 Å². The molecule has 3 rings (SSSR count). The maximum atomic E-state index is 12.8. The molecule has 0 saturated heterocycles. The van der Waals surface area contributed by atoms with Crippen LogP contribution < -0.4 is 0 Å². The van der Waals surface area contributed by atoms with E-state index in [4.69, 9.17) is 4.74 Å². The topological polar surface area (TPSA) is 72.7 Å². The highest BCUT2D eigenvalue weighted by atomic mass is 16.6. The average molecular weight is 352 g/mol. The van der Waals surface area contributed by atoms with Crippen LogP contribution in [0.4, 0.5) is 4.79 Å². The van der Waals surface area contributed by atoms with Crippen LogP contribution in [0.5, 0.6) is 0 Å². The minimum absolute atomic E-state index is 0.119. The van der Waals surface area contributed by atoms with E-state index in [1.807, 2.05) is 48.5 Å². The van der Waals surface area contributed by atoms with Gasteiger partial charge in [0.05, 0.1) is 0 Å². The maximum Gasteiger partial charge on any atom is 0.415 e. The van der Waals surface area contributed by atoms with Crippen molar-refractivity contribution in [3.8, 4) is 0 Å². The smallest absolute Gasteiger partial charge is 0.415 e. The van der Waals surface area contributed by atoms with E-state index in [1.165, 1.54) is 4.90 Å². The molecule has 0 aliphatic carbocycles. The first-order chi connectivity index (χ1) is 12.6. The van der Waals surface area contributed by atoms with Crippen molar-refractivity contribution in [2.45, 2.75) is 32.0 Å². The Kier molecular flexibility index (Phi) is 5.31. The average Bonchev–Trinajstić information content (AvgIpc) is 2.67. The lowest BCUT2D eigenvalue weighted by molar-refractivity contribution is -0.530. The number of carbonyl (C=O) groups is 1. The summed E-state index contributed by atoms with van der Waals surface area (Å²) in [6.45, 7) is 1.89. The Bertz CT molecular complexity index is 805. The molecule has 2 aromatic rings. The summed E-state index contributed by atoms with van der Waals surface area (Å²) in [6, 6.07) is 16.8. The number of rotatable bonds is 4. The predicted molar refractivity (Wildman–Crippen MR) is 96.8 cm³/mol. The van der Waals surface area contributed by atoms with Gasteiger partial charge in [0.15, 0.2) is 0 Å². The van der Waals surface area contributed by atoms with Crippen LogP contribution in [-0.2, 0) is 11.3 Å². The van der Waals surface area contributed by atoms with Gasteiger partial charge in [-0.3, -0.25) is 15.0 Å². The van der Waals surface area contributed by atoms with Crippen molar-refractivity contribution in [1.29, 1.82) is 0 Å². The summed E-state index contributed by atoms with van der Waals surface area (Å²) in [6.07, 6.45) is 1.42. The van der Waals surface area contributed by atoms with E-state index in [1.54, 1.807) is 25.1 Å². The third-order valence-corrected chi connectivity index (χ3v) is 4.49. The van der Waals surface area contributed by atoms with E-state index >= 15 is 0 Å². The van der Waals surface area contributed by atoms with E-state index in [0.717, 1.165) is 11.1 Å². The highest BCUT2D eigenvalue weighted by molar-refractivity contribution is 5.71. The second-order valence-corrected chi connectivity index (χ2v) is 6.20. The van der Waals surface area contributed by atoms with Gasteiger partial charge < -0.3 is 4.74 Å². The fourth-order valence-corrected chi connectivity index (χ4v) is 3.18. The molecule has 1 heterocycles. The van der Waals surface area contributed by atoms with Gasteiger partial charge in [0.1, 0.15) is 12.6 Å².